The normalized spacial score (nSPS) is 15.5. The quantitative estimate of drug-likeness (QED) is 0.743. The largest absolute Gasteiger partial charge is 0.323 e. The predicted octanol–water partition coefficient (Wildman–Crippen LogP) is 4.58. The molecule has 0 saturated carbocycles. The molecule has 2 amide bonds. The van der Waals surface area contributed by atoms with Crippen molar-refractivity contribution in [3.05, 3.63) is 78.4 Å². The average molecular weight is 359 g/mol. The highest BCUT2D eigenvalue weighted by atomic mass is 16.2. The van der Waals surface area contributed by atoms with Crippen LogP contribution in [0, 0.1) is 0 Å². The van der Waals surface area contributed by atoms with E-state index in [4.69, 9.17) is 0 Å². The van der Waals surface area contributed by atoms with Crippen molar-refractivity contribution >= 4 is 22.5 Å². The highest BCUT2D eigenvalue weighted by molar-refractivity contribution is 5.89. The number of urea groups is 1. The molecule has 0 spiro atoms. The minimum atomic E-state index is -0.00578. The Labute approximate surface area is 160 Å². The average Bonchev–Trinajstić information content (AvgIpc) is 2.94. The van der Waals surface area contributed by atoms with Crippen LogP contribution in [0.25, 0.3) is 10.8 Å². The Morgan fingerprint density at radius 1 is 0.815 bits per heavy atom. The molecule has 1 aliphatic rings. The van der Waals surface area contributed by atoms with Gasteiger partial charge in [-0.2, -0.15) is 0 Å². The predicted molar refractivity (Wildman–Crippen MR) is 111 cm³/mol. The molecule has 1 fully saturated rings. The monoisotopic (exact) mass is 359 g/mol. The maximum atomic E-state index is 12.5. The third-order valence-corrected chi connectivity index (χ3v) is 5.12. The molecule has 27 heavy (non-hydrogen) atoms. The van der Waals surface area contributed by atoms with Gasteiger partial charge in [0.2, 0.25) is 0 Å². The fourth-order valence-electron chi connectivity index (χ4n) is 3.65. The first-order chi connectivity index (χ1) is 13.3. The van der Waals surface area contributed by atoms with Gasteiger partial charge in [0.25, 0.3) is 0 Å². The highest BCUT2D eigenvalue weighted by Gasteiger charge is 2.19. The van der Waals surface area contributed by atoms with Gasteiger partial charge in [-0.1, -0.05) is 54.6 Å². The summed E-state index contributed by atoms with van der Waals surface area (Å²) in [6.45, 7) is 4.40. The van der Waals surface area contributed by atoms with Crippen molar-refractivity contribution in [3.63, 3.8) is 0 Å². The number of amides is 2. The molecule has 0 aliphatic carbocycles. The second-order valence-corrected chi connectivity index (χ2v) is 7.09. The van der Waals surface area contributed by atoms with E-state index < -0.39 is 0 Å². The number of hydrogen-bond donors (Lipinski definition) is 1. The Kier molecular flexibility index (Phi) is 5.35. The van der Waals surface area contributed by atoms with Crippen LogP contribution in [0.1, 0.15) is 12.0 Å². The number of hydrogen-bond acceptors (Lipinski definition) is 2. The molecule has 1 aliphatic heterocycles. The van der Waals surface area contributed by atoms with E-state index in [0.29, 0.717) is 0 Å². The van der Waals surface area contributed by atoms with Crippen LogP contribution < -0.4 is 5.32 Å². The minimum Gasteiger partial charge on any atom is -0.323 e. The topological polar surface area (TPSA) is 35.6 Å². The van der Waals surface area contributed by atoms with Crippen LogP contribution in [-0.4, -0.2) is 42.0 Å². The van der Waals surface area contributed by atoms with Gasteiger partial charge in [-0.05, 0) is 41.0 Å². The minimum absolute atomic E-state index is 0.00578. The van der Waals surface area contributed by atoms with Crippen LogP contribution in [0.15, 0.2) is 72.8 Å². The van der Waals surface area contributed by atoms with E-state index in [1.165, 1.54) is 16.3 Å². The van der Waals surface area contributed by atoms with Crippen molar-refractivity contribution in [2.24, 2.45) is 0 Å². The van der Waals surface area contributed by atoms with Gasteiger partial charge in [0.15, 0.2) is 0 Å². The number of rotatable bonds is 3. The van der Waals surface area contributed by atoms with Crippen molar-refractivity contribution in [1.82, 2.24) is 9.80 Å². The van der Waals surface area contributed by atoms with Gasteiger partial charge >= 0.3 is 6.03 Å². The van der Waals surface area contributed by atoms with Gasteiger partial charge in [-0.15, -0.1) is 0 Å². The van der Waals surface area contributed by atoms with E-state index in [1.54, 1.807) is 0 Å². The van der Waals surface area contributed by atoms with Crippen LogP contribution in [0.4, 0.5) is 10.5 Å². The van der Waals surface area contributed by atoms with E-state index in [9.17, 15) is 4.79 Å². The molecule has 1 saturated heterocycles. The molecule has 3 aromatic carbocycles. The summed E-state index contributed by atoms with van der Waals surface area (Å²) in [7, 11) is 0. The zero-order valence-electron chi connectivity index (χ0n) is 15.5. The smallest absolute Gasteiger partial charge is 0.321 e. The molecule has 0 atom stereocenters. The first-order valence-corrected chi connectivity index (χ1v) is 9.59. The van der Waals surface area contributed by atoms with Crippen LogP contribution in [0.5, 0.6) is 0 Å². The molecular weight excluding hydrogens is 334 g/mol. The third kappa shape index (κ3) is 4.47. The summed E-state index contributed by atoms with van der Waals surface area (Å²) in [6, 6.07) is 24.8. The second kappa shape index (κ2) is 8.23. The van der Waals surface area contributed by atoms with Gasteiger partial charge in [0.05, 0.1) is 0 Å². The molecule has 1 heterocycles. The molecule has 0 radical (unpaired) electrons. The first-order valence-electron chi connectivity index (χ1n) is 9.59. The summed E-state index contributed by atoms with van der Waals surface area (Å²) in [5.74, 6) is 0. The number of carbonyl (C=O) groups is 1. The Hall–Kier alpha value is -2.85. The summed E-state index contributed by atoms with van der Waals surface area (Å²) in [5.41, 5.74) is 2.18. The lowest BCUT2D eigenvalue weighted by Gasteiger charge is -2.22. The molecule has 138 valence electrons. The van der Waals surface area contributed by atoms with E-state index in [1.807, 2.05) is 35.2 Å². The molecule has 1 N–H and O–H groups in total. The van der Waals surface area contributed by atoms with Gasteiger partial charge in [-0.3, -0.25) is 4.90 Å². The molecule has 0 aromatic heterocycles. The third-order valence-electron chi connectivity index (χ3n) is 5.12. The van der Waals surface area contributed by atoms with Crippen molar-refractivity contribution in [1.29, 1.82) is 0 Å². The number of nitrogens with one attached hydrogen (secondary N) is 1. The summed E-state index contributed by atoms with van der Waals surface area (Å²) in [5, 5.41) is 5.56. The van der Waals surface area contributed by atoms with Crippen LogP contribution in [0.2, 0.25) is 0 Å². The summed E-state index contributed by atoms with van der Waals surface area (Å²) in [6.07, 6.45) is 0.996. The highest BCUT2D eigenvalue weighted by Crippen LogP contribution is 2.18. The fraction of sp³-hybridized carbons (Fsp3) is 0.261. The van der Waals surface area contributed by atoms with Crippen molar-refractivity contribution in [2.75, 3.05) is 31.5 Å². The van der Waals surface area contributed by atoms with E-state index in [0.717, 1.165) is 44.8 Å². The Balaban J connectivity index is 1.35. The van der Waals surface area contributed by atoms with Crippen molar-refractivity contribution < 1.29 is 4.79 Å². The van der Waals surface area contributed by atoms with Crippen molar-refractivity contribution in [3.8, 4) is 0 Å². The Morgan fingerprint density at radius 2 is 1.59 bits per heavy atom. The fourth-order valence-corrected chi connectivity index (χ4v) is 3.65. The first kappa shape index (κ1) is 17.6. The van der Waals surface area contributed by atoms with E-state index in [2.05, 4.69) is 52.7 Å². The van der Waals surface area contributed by atoms with E-state index >= 15 is 0 Å². The maximum absolute atomic E-state index is 12.5. The van der Waals surface area contributed by atoms with Gasteiger partial charge < -0.3 is 10.2 Å². The Morgan fingerprint density at radius 3 is 2.44 bits per heavy atom. The summed E-state index contributed by atoms with van der Waals surface area (Å²) in [4.78, 5) is 16.9. The number of para-hydroxylation sites is 1. The van der Waals surface area contributed by atoms with Gasteiger partial charge in [-0.25, -0.2) is 4.79 Å². The molecule has 4 heteroatoms. The Bertz CT molecular complexity index is 910. The van der Waals surface area contributed by atoms with Gasteiger partial charge in [0.1, 0.15) is 0 Å². The number of carbonyl (C=O) groups excluding carboxylic acids is 1. The number of nitrogens with zero attached hydrogens (tertiary/aromatic N) is 2. The zero-order chi connectivity index (χ0) is 18.5. The molecule has 0 unspecified atom stereocenters. The second-order valence-electron chi connectivity index (χ2n) is 7.09. The lowest BCUT2D eigenvalue weighted by atomic mass is 10.1. The number of anilines is 1. The lowest BCUT2D eigenvalue weighted by molar-refractivity contribution is 0.211. The molecule has 3 aromatic rings. The standard InChI is InChI=1S/C23H25N3O/c27-23(24-22-9-2-1-3-10-22)26-14-6-13-25(15-16-26)18-19-11-12-20-7-4-5-8-21(20)17-19/h1-5,7-12,17H,6,13-16,18H2,(H,24,27). The summed E-state index contributed by atoms with van der Waals surface area (Å²) < 4.78 is 0. The van der Waals surface area contributed by atoms with Crippen LogP contribution >= 0.6 is 0 Å². The molecular formula is C23H25N3O. The summed E-state index contributed by atoms with van der Waals surface area (Å²) >= 11 is 0. The van der Waals surface area contributed by atoms with E-state index in [-0.39, 0.29) is 6.03 Å². The number of fused-ring (bicyclic) bond motifs is 1. The lowest BCUT2D eigenvalue weighted by Crippen LogP contribution is -2.38. The molecule has 4 nitrogen and oxygen atoms in total. The maximum Gasteiger partial charge on any atom is 0.321 e. The van der Waals surface area contributed by atoms with Crippen LogP contribution in [0.3, 0.4) is 0 Å². The molecule has 4 rings (SSSR count). The van der Waals surface area contributed by atoms with Crippen LogP contribution in [-0.2, 0) is 6.54 Å². The SMILES string of the molecule is O=C(Nc1ccccc1)N1CCCN(Cc2ccc3ccccc3c2)CC1. The van der Waals surface area contributed by atoms with Crippen molar-refractivity contribution in [2.45, 2.75) is 13.0 Å². The molecule has 0 bridgehead atoms. The van der Waals surface area contributed by atoms with Gasteiger partial charge in [0, 0.05) is 38.4 Å². The number of benzene rings is 3. The zero-order valence-corrected chi connectivity index (χ0v) is 15.5.